The average Bonchev–Trinajstić information content (AvgIpc) is 3.19. The van der Waals surface area contributed by atoms with Gasteiger partial charge in [0.2, 0.25) is 5.88 Å². The number of nitrogens with zero attached hydrogens (tertiary/aromatic N) is 5. The molecule has 6 heteroatoms. The Morgan fingerprint density at radius 1 is 1.08 bits per heavy atom. The van der Waals surface area contributed by atoms with Crippen LogP contribution in [0.3, 0.4) is 0 Å². The normalized spacial score (nSPS) is 17.5. The maximum absolute atomic E-state index is 5.87. The molecule has 4 heterocycles. The Morgan fingerprint density at radius 3 is 2.84 bits per heavy atom. The summed E-state index contributed by atoms with van der Waals surface area (Å²) in [4.78, 5) is 18.0. The van der Waals surface area contributed by atoms with E-state index in [2.05, 4.69) is 25.8 Å². The van der Waals surface area contributed by atoms with Crippen LogP contribution in [0, 0.1) is 0 Å². The summed E-state index contributed by atoms with van der Waals surface area (Å²) in [6.45, 7) is 6.12. The highest BCUT2D eigenvalue weighted by atomic mass is 16.5. The molecule has 0 aromatic carbocycles. The number of aromatic nitrogens is 3. The van der Waals surface area contributed by atoms with Gasteiger partial charge in [0.1, 0.15) is 5.82 Å². The molecule has 0 spiro atoms. The number of hydrogen-bond donors (Lipinski definition) is 0. The third-order valence-corrected chi connectivity index (χ3v) is 4.96. The Kier molecular flexibility index (Phi) is 5.06. The summed E-state index contributed by atoms with van der Waals surface area (Å²) >= 11 is 0. The van der Waals surface area contributed by atoms with Crippen LogP contribution in [0.15, 0.2) is 30.7 Å². The van der Waals surface area contributed by atoms with Gasteiger partial charge >= 0.3 is 0 Å². The van der Waals surface area contributed by atoms with Gasteiger partial charge in [-0.3, -0.25) is 4.98 Å². The molecular weight excluding hydrogens is 314 g/mol. The lowest BCUT2D eigenvalue weighted by Crippen LogP contribution is -2.31. The van der Waals surface area contributed by atoms with Crippen LogP contribution < -0.4 is 9.64 Å². The van der Waals surface area contributed by atoms with Crippen LogP contribution in [0.25, 0.3) is 0 Å². The first-order valence-corrected chi connectivity index (χ1v) is 9.23. The maximum atomic E-state index is 5.87. The highest BCUT2D eigenvalue weighted by Crippen LogP contribution is 2.23. The summed E-state index contributed by atoms with van der Waals surface area (Å²) in [7, 11) is 0. The second kappa shape index (κ2) is 7.78. The van der Waals surface area contributed by atoms with Crippen molar-refractivity contribution in [2.24, 2.45) is 0 Å². The van der Waals surface area contributed by atoms with Crippen molar-refractivity contribution < 1.29 is 4.74 Å². The fraction of sp³-hybridized carbons (Fsp3) is 0.526. The maximum Gasteiger partial charge on any atom is 0.213 e. The van der Waals surface area contributed by atoms with Crippen LogP contribution in [-0.4, -0.2) is 52.6 Å². The summed E-state index contributed by atoms with van der Waals surface area (Å²) < 4.78 is 5.87. The number of rotatable bonds is 6. The summed E-state index contributed by atoms with van der Waals surface area (Å²) in [5.41, 5.74) is 2.40. The lowest BCUT2D eigenvalue weighted by Gasteiger charge is -2.29. The third-order valence-electron chi connectivity index (χ3n) is 4.96. The first-order valence-electron chi connectivity index (χ1n) is 9.23. The molecule has 2 aliphatic heterocycles. The van der Waals surface area contributed by atoms with E-state index in [-0.39, 0.29) is 0 Å². The summed E-state index contributed by atoms with van der Waals surface area (Å²) in [5, 5.41) is 0. The van der Waals surface area contributed by atoms with Crippen LogP contribution in [0.1, 0.15) is 30.5 Å². The molecule has 0 saturated carbocycles. The van der Waals surface area contributed by atoms with E-state index in [0.29, 0.717) is 0 Å². The fourth-order valence-electron chi connectivity index (χ4n) is 3.60. The number of anilines is 1. The minimum absolute atomic E-state index is 0.744. The molecule has 2 aliphatic rings. The lowest BCUT2D eigenvalue weighted by molar-refractivity contribution is 0.256. The highest BCUT2D eigenvalue weighted by Gasteiger charge is 2.19. The van der Waals surface area contributed by atoms with Crippen molar-refractivity contribution in [3.63, 3.8) is 0 Å². The van der Waals surface area contributed by atoms with Gasteiger partial charge in [0, 0.05) is 44.5 Å². The molecule has 0 radical (unpaired) electrons. The Hall–Kier alpha value is -2.21. The predicted molar refractivity (Wildman–Crippen MR) is 96.8 cm³/mol. The van der Waals surface area contributed by atoms with E-state index in [1.165, 1.54) is 31.5 Å². The van der Waals surface area contributed by atoms with Gasteiger partial charge in [0.05, 0.1) is 18.5 Å². The summed E-state index contributed by atoms with van der Waals surface area (Å²) in [5.74, 6) is 1.68. The van der Waals surface area contributed by atoms with Crippen LogP contribution in [0.4, 0.5) is 5.82 Å². The van der Waals surface area contributed by atoms with Crippen molar-refractivity contribution in [1.29, 1.82) is 0 Å². The summed E-state index contributed by atoms with van der Waals surface area (Å²) in [6.07, 6.45) is 9.93. The minimum atomic E-state index is 0.744. The highest BCUT2D eigenvalue weighted by molar-refractivity contribution is 5.41. The third kappa shape index (κ3) is 4.07. The average molecular weight is 339 g/mol. The molecule has 4 rings (SSSR count). The topological polar surface area (TPSA) is 54.4 Å². The minimum Gasteiger partial charge on any atom is -0.478 e. The van der Waals surface area contributed by atoms with Crippen molar-refractivity contribution in [2.75, 3.05) is 37.7 Å². The molecule has 1 fully saturated rings. The number of pyridine rings is 1. The number of likely N-dealkylation sites (tertiary alicyclic amines) is 1. The SMILES string of the molecule is c1cnc(N2CCc3nc(OCCCN4CCCC4)ccc3C2)cn1. The van der Waals surface area contributed by atoms with E-state index >= 15 is 0 Å². The van der Waals surface area contributed by atoms with Gasteiger partial charge in [0.25, 0.3) is 0 Å². The van der Waals surface area contributed by atoms with Gasteiger partial charge in [0.15, 0.2) is 0 Å². The van der Waals surface area contributed by atoms with E-state index in [0.717, 1.165) is 56.5 Å². The molecule has 0 unspecified atom stereocenters. The Labute approximate surface area is 148 Å². The fourth-order valence-corrected chi connectivity index (χ4v) is 3.60. The Bertz CT molecular complexity index is 687. The first kappa shape index (κ1) is 16.3. The molecule has 6 nitrogen and oxygen atoms in total. The van der Waals surface area contributed by atoms with Gasteiger partial charge in [-0.2, -0.15) is 0 Å². The van der Waals surface area contributed by atoms with Crippen LogP contribution in [0.5, 0.6) is 5.88 Å². The number of ether oxygens (including phenoxy) is 1. The molecule has 2 aromatic rings. The zero-order valence-corrected chi connectivity index (χ0v) is 14.6. The molecule has 0 amide bonds. The van der Waals surface area contributed by atoms with Gasteiger partial charge in [-0.1, -0.05) is 6.07 Å². The van der Waals surface area contributed by atoms with Crippen LogP contribution in [-0.2, 0) is 13.0 Å². The molecular formula is C19H25N5O. The first-order chi connectivity index (χ1) is 12.4. The quantitative estimate of drug-likeness (QED) is 0.753. The second-order valence-electron chi connectivity index (χ2n) is 6.74. The molecule has 0 bridgehead atoms. The van der Waals surface area contributed by atoms with Crippen molar-refractivity contribution >= 4 is 5.82 Å². The van der Waals surface area contributed by atoms with Crippen molar-refractivity contribution in [3.8, 4) is 5.88 Å². The Morgan fingerprint density at radius 2 is 2.00 bits per heavy atom. The zero-order valence-electron chi connectivity index (χ0n) is 14.6. The molecule has 0 N–H and O–H groups in total. The van der Waals surface area contributed by atoms with Gasteiger partial charge in [-0.15, -0.1) is 0 Å². The smallest absolute Gasteiger partial charge is 0.213 e. The van der Waals surface area contributed by atoms with Crippen molar-refractivity contribution in [3.05, 3.63) is 42.0 Å². The summed E-state index contributed by atoms with van der Waals surface area (Å²) in [6, 6.07) is 4.13. The van der Waals surface area contributed by atoms with E-state index in [4.69, 9.17) is 9.72 Å². The standard InChI is InChI=1S/C19H25N5O/c1-2-10-23(9-1)11-3-13-25-19-5-4-16-15-24(12-6-17(16)22-19)18-14-20-7-8-21-18/h4-5,7-8,14H,1-3,6,9-13,15H2. The van der Waals surface area contributed by atoms with Gasteiger partial charge < -0.3 is 14.5 Å². The van der Waals surface area contributed by atoms with Crippen LogP contribution >= 0.6 is 0 Å². The van der Waals surface area contributed by atoms with Gasteiger partial charge in [-0.25, -0.2) is 9.97 Å². The van der Waals surface area contributed by atoms with Crippen molar-refractivity contribution in [1.82, 2.24) is 19.9 Å². The van der Waals surface area contributed by atoms with Crippen LogP contribution in [0.2, 0.25) is 0 Å². The zero-order chi connectivity index (χ0) is 16.9. The van der Waals surface area contributed by atoms with E-state index < -0.39 is 0 Å². The monoisotopic (exact) mass is 339 g/mol. The molecule has 0 atom stereocenters. The number of fused-ring (bicyclic) bond motifs is 1. The van der Waals surface area contributed by atoms with Crippen molar-refractivity contribution in [2.45, 2.75) is 32.2 Å². The predicted octanol–water partition coefficient (Wildman–Crippen LogP) is 2.30. The van der Waals surface area contributed by atoms with E-state index in [9.17, 15) is 0 Å². The van der Waals surface area contributed by atoms with Gasteiger partial charge in [-0.05, 0) is 37.9 Å². The van der Waals surface area contributed by atoms with E-state index in [1.54, 1.807) is 12.4 Å². The number of hydrogen-bond acceptors (Lipinski definition) is 6. The lowest BCUT2D eigenvalue weighted by atomic mass is 10.1. The van der Waals surface area contributed by atoms with E-state index in [1.807, 2.05) is 12.3 Å². The largest absolute Gasteiger partial charge is 0.478 e. The molecule has 0 aliphatic carbocycles. The Balaban J connectivity index is 1.30. The molecule has 2 aromatic heterocycles. The molecule has 1 saturated heterocycles. The second-order valence-corrected chi connectivity index (χ2v) is 6.74. The molecule has 25 heavy (non-hydrogen) atoms. The molecule has 132 valence electrons.